The minimum Gasteiger partial charge on any atom is -0.375 e. The zero-order chi connectivity index (χ0) is 18.0. The van der Waals surface area contributed by atoms with E-state index in [9.17, 15) is 4.79 Å². The highest BCUT2D eigenvalue weighted by atomic mass is 35.5. The fourth-order valence-corrected chi connectivity index (χ4v) is 3.24. The van der Waals surface area contributed by atoms with Crippen molar-refractivity contribution in [1.29, 1.82) is 0 Å². The van der Waals surface area contributed by atoms with E-state index in [-0.39, 0.29) is 23.0 Å². The number of fused-ring (bicyclic) bond motifs is 1. The highest BCUT2D eigenvalue weighted by Gasteiger charge is 2.38. The molecule has 0 saturated heterocycles. The third-order valence-corrected chi connectivity index (χ3v) is 4.53. The van der Waals surface area contributed by atoms with Gasteiger partial charge in [-0.3, -0.25) is 15.2 Å². The molecule has 0 saturated carbocycles. The van der Waals surface area contributed by atoms with E-state index < -0.39 is 6.17 Å². The predicted octanol–water partition coefficient (Wildman–Crippen LogP) is 1.29. The number of carbonyl (C=O) groups excluding carboxylic acids is 1. The Hall–Kier alpha value is -2.22. The first-order valence-corrected chi connectivity index (χ1v) is 8.52. The summed E-state index contributed by atoms with van der Waals surface area (Å²) in [6.45, 7) is 0. The van der Waals surface area contributed by atoms with Gasteiger partial charge in [0.15, 0.2) is 11.3 Å². The summed E-state index contributed by atoms with van der Waals surface area (Å²) >= 11 is 11.0. The zero-order valence-corrected chi connectivity index (χ0v) is 15.1. The highest BCUT2D eigenvalue weighted by molar-refractivity contribution is 7.80. The molecule has 1 aliphatic carbocycles. The summed E-state index contributed by atoms with van der Waals surface area (Å²) < 4.78 is 0. The Bertz CT molecular complexity index is 777. The van der Waals surface area contributed by atoms with Crippen LogP contribution >= 0.6 is 23.8 Å². The smallest absolute Gasteiger partial charge is 0.264 e. The van der Waals surface area contributed by atoms with Crippen LogP contribution in [0.3, 0.4) is 0 Å². The minimum atomic E-state index is -0.854. The number of benzene rings is 1. The average molecular weight is 376 g/mol. The van der Waals surface area contributed by atoms with Crippen LogP contribution in [0.25, 0.3) is 0 Å². The molecule has 25 heavy (non-hydrogen) atoms. The first-order valence-electron chi connectivity index (χ1n) is 7.73. The van der Waals surface area contributed by atoms with Crippen LogP contribution in [0.5, 0.6) is 0 Å². The lowest BCUT2D eigenvalue weighted by atomic mass is 9.86. The summed E-state index contributed by atoms with van der Waals surface area (Å²) in [5.74, 6) is -0.341. The number of thiocarbonyl (C=S) groups is 1. The van der Waals surface area contributed by atoms with Gasteiger partial charge in [-0.05, 0) is 23.9 Å². The molecule has 0 aromatic heterocycles. The summed E-state index contributed by atoms with van der Waals surface area (Å²) in [6.07, 6.45) is 4.79. The van der Waals surface area contributed by atoms with E-state index >= 15 is 0 Å². The number of nitrogens with one attached hydrogen (secondary N) is 2. The van der Waals surface area contributed by atoms with Gasteiger partial charge in [0, 0.05) is 18.0 Å². The molecule has 0 fully saturated rings. The molecule has 1 amide bonds. The lowest BCUT2D eigenvalue weighted by Gasteiger charge is -2.31. The van der Waals surface area contributed by atoms with Crippen LogP contribution in [0.4, 0.5) is 0 Å². The number of hydrogen-bond donors (Lipinski definition) is 3. The number of nitrogens with two attached hydrogens (primary N) is 1. The molecule has 3 atom stereocenters. The Balaban J connectivity index is 2.07. The van der Waals surface area contributed by atoms with Crippen molar-refractivity contribution in [2.75, 3.05) is 7.05 Å². The first kappa shape index (κ1) is 17.6. The van der Waals surface area contributed by atoms with Crippen molar-refractivity contribution in [3.05, 3.63) is 59.2 Å². The van der Waals surface area contributed by atoms with Gasteiger partial charge in [0.25, 0.3) is 5.91 Å². The van der Waals surface area contributed by atoms with Gasteiger partial charge in [0.05, 0.1) is 11.8 Å². The van der Waals surface area contributed by atoms with Gasteiger partial charge in [0.2, 0.25) is 0 Å². The van der Waals surface area contributed by atoms with E-state index in [0.717, 1.165) is 11.3 Å². The number of nitrogens with zero attached hydrogens (tertiary/aromatic N) is 2. The summed E-state index contributed by atoms with van der Waals surface area (Å²) in [4.78, 5) is 19.1. The van der Waals surface area contributed by atoms with Gasteiger partial charge in [-0.2, -0.15) is 0 Å². The number of halogens is 1. The highest BCUT2D eigenvalue weighted by Crippen LogP contribution is 2.29. The Morgan fingerprint density at radius 1 is 1.36 bits per heavy atom. The molecule has 0 spiro atoms. The Labute approximate surface area is 156 Å². The van der Waals surface area contributed by atoms with Crippen molar-refractivity contribution in [2.24, 2.45) is 16.6 Å². The van der Waals surface area contributed by atoms with Gasteiger partial charge in [-0.25, -0.2) is 5.43 Å². The molecule has 130 valence electrons. The fourth-order valence-electron chi connectivity index (χ4n) is 2.98. The van der Waals surface area contributed by atoms with Crippen LogP contribution in [0, 0.1) is 5.92 Å². The number of allylic oxidation sites excluding steroid dienone is 2. The normalized spacial score (nSPS) is 25.6. The number of rotatable bonds is 3. The van der Waals surface area contributed by atoms with Crippen LogP contribution in [-0.2, 0) is 4.79 Å². The fraction of sp³-hybridized carbons (Fsp3) is 0.235. The Morgan fingerprint density at radius 2 is 2.08 bits per heavy atom. The first-order chi connectivity index (χ1) is 12.0. The quantitative estimate of drug-likeness (QED) is 0.547. The standard InChI is InChI=1S/C17H18ClN5OS/c1-23-13-8-7-11(18)9-12(13)14(10-5-3-2-4-6-10)20-15(16(23)24)21-22-17(19)25/h2-9,12-13,15,21H,1H3,(H3,19,22,25). The van der Waals surface area contributed by atoms with Gasteiger partial charge in [-0.15, -0.1) is 0 Å². The largest absolute Gasteiger partial charge is 0.375 e. The van der Waals surface area contributed by atoms with Crippen molar-refractivity contribution in [2.45, 2.75) is 12.2 Å². The molecule has 4 N–H and O–H groups in total. The van der Waals surface area contributed by atoms with Crippen molar-refractivity contribution in [3.63, 3.8) is 0 Å². The van der Waals surface area contributed by atoms with E-state index in [1.807, 2.05) is 42.5 Å². The van der Waals surface area contributed by atoms with Gasteiger partial charge >= 0.3 is 0 Å². The van der Waals surface area contributed by atoms with Gasteiger partial charge < -0.3 is 10.6 Å². The SMILES string of the molecule is CN1C(=O)C(NNC(N)=S)N=C(c2ccccc2)C2C=C(Cl)C=CC21. The molecule has 0 bridgehead atoms. The molecule has 1 aromatic carbocycles. The van der Waals surface area contributed by atoms with Crippen LogP contribution in [0.15, 0.2) is 58.6 Å². The topological polar surface area (TPSA) is 82.8 Å². The monoisotopic (exact) mass is 375 g/mol. The van der Waals surface area contributed by atoms with Crippen LogP contribution < -0.4 is 16.6 Å². The van der Waals surface area contributed by atoms with E-state index in [0.29, 0.717) is 5.03 Å². The van der Waals surface area contributed by atoms with Crippen molar-refractivity contribution >= 4 is 40.6 Å². The van der Waals surface area contributed by atoms with Crippen LogP contribution in [-0.4, -0.2) is 40.9 Å². The molecule has 2 aliphatic rings. The Morgan fingerprint density at radius 3 is 2.76 bits per heavy atom. The number of aliphatic imine (C=N–C) groups is 1. The lowest BCUT2D eigenvalue weighted by molar-refractivity contribution is -0.133. The number of hydrazine groups is 1. The summed E-state index contributed by atoms with van der Waals surface area (Å²) in [6, 6.07) is 9.55. The predicted molar refractivity (Wildman–Crippen MR) is 103 cm³/mol. The van der Waals surface area contributed by atoms with Gasteiger partial charge in [-0.1, -0.05) is 54.1 Å². The average Bonchev–Trinajstić information content (AvgIpc) is 2.70. The third-order valence-electron chi connectivity index (χ3n) is 4.17. The van der Waals surface area contributed by atoms with E-state index in [4.69, 9.17) is 29.6 Å². The maximum absolute atomic E-state index is 12.8. The van der Waals surface area contributed by atoms with Crippen molar-refractivity contribution < 1.29 is 4.79 Å². The molecule has 0 radical (unpaired) electrons. The third kappa shape index (κ3) is 3.73. The maximum Gasteiger partial charge on any atom is 0.264 e. The number of hydrogen-bond acceptors (Lipinski definition) is 4. The molecule has 3 unspecified atom stereocenters. The molecular weight excluding hydrogens is 358 g/mol. The van der Waals surface area contributed by atoms with Crippen LogP contribution in [0.2, 0.25) is 0 Å². The molecule has 1 heterocycles. The van der Waals surface area contributed by atoms with Crippen molar-refractivity contribution in [3.8, 4) is 0 Å². The number of amides is 1. The second kappa shape index (κ2) is 7.35. The molecule has 6 nitrogen and oxygen atoms in total. The Kier molecular flexibility index (Phi) is 5.17. The van der Waals surface area contributed by atoms with E-state index in [1.165, 1.54) is 0 Å². The van der Waals surface area contributed by atoms with E-state index in [2.05, 4.69) is 15.8 Å². The minimum absolute atomic E-state index is 0.0383. The van der Waals surface area contributed by atoms with Gasteiger partial charge in [0.1, 0.15) is 0 Å². The summed E-state index contributed by atoms with van der Waals surface area (Å²) in [7, 11) is 1.75. The molecule has 1 aliphatic heterocycles. The molecule has 3 rings (SSSR count). The maximum atomic E-state index is 12.8. The second-order valence-electron chi connectivity index (χ2n) is 5.79. The van der Waals surface area contributed by atoms with Crippen LogP contribution in [0.1, 0.15) is 5.56 Å². The zero-order valence-electron chi connectivity index (χ0n) is 13.5. The second-order valence-corrected chi connectivity index (χ2v) is 6.67. The molecular formula is C17H18ClN5OS. The van der Waals surface area contributed by atoms with E-state index in [1.54, 1.807) is 18.0 Å². The lowest BCUT2D eigenvalue weighted by Crippen LogP contribution is -2.53. The number of likely N-dealkylation sites (N-methyl/N-ethyl adjacent to an activating group) is 1. The summed E-state index contributed by atoms with van der Waals surface area (Å²) in [5.41, 5.74) is 12.5. The molecule has 1 aromatic rings. The molecule has 8 heteroatoms. The number of carbonyl (C=O) groups is 1. The van der Waals surface area contributed by atoms with Crippen molar-refractivity contribution in [1.82, 2.24) is 15.8 Å². The summed E-state index contributed by atoms with van der Waals surface area (Å²) in [5, 5.41) is 0.662.